The number of hydrogen-bond donors (Lipinski definition) is 1. The number of carbonyl (C=O) groups excluding carboxylic acids is 2. The molecular formula is C15H22N4O2. The fraction of sp³-hybridized carbons (Fsp3) is 0.800. The topological polar surface area (TPSA) is 90.4 Å². The van der Waals surface area contributed by atoms with E-state index in [4.69, 9.17) is 11.0 Å². The lowest BCUT2D eigenvalue weighted by molar-refractivity contribution is -0.134. The van der Waals surface area contributed by atoms with E-state index >= 15 is 0 Å². The van der Waals surface area contributed by atoms with Gasteiger partial charge in [-0.2, -0.15) is 5.26 Å². The lowest BCUT2D eigenvalue weighted by Crippen LogP contribution is -2.47. The molecule has 0 bridgehead atoms. The number of carbonyl (C=O) groups is 2. The summed E-state index contributed by atoms with van der Waals surface area (Å²) in [6.07, 6.45) is 4.46. The van der Waals surface area contributed by atoms with Crippen molar-refractivity contribution in [3.05, 3.63) is 0 Å². The van der Waals surface area contributed by atoms with Crippen LogP contribution >= 0.6 is 0 Å². The van der Waals surface area contributed by atoms with Gasteiger partial charge in [0.25, 0.3) is 0 Å². The molecule has 1 aliphatic carbocycles. The van der Waals surface area contributed by atoms with Crippen molar-refractivity contribution in [3.63, 3.8) is 0 Å². The molecule has 3 fully saturated rings. The Morgan fingerprint density at radius 1 is 1.19 bits per heavy atom. The summed E-state index contributed by atoms with van der Waals surface area (Å²) in [7, 11) is 0. The summed E-state index contributed by atoms with van der Waals surface area (Å²) in [6, 6.07) is 1.20. The maximum Gasteiger partial charge on any atom is 0.240 e. The molecule has 2 heterocycles. The third-order valence-corrected chi connectivity index (χ3v) is 5.01. The molecule has 2 amide bonds. The van der Waals surface area contributed by atoms with E-state index < -0.39 is 6.04 Å². The van der Waals surface area contributed by atoms with Crippen LogP contribution in [0.2, 0.25) is 0 Å². The normalized spacial score (nSPS) is 32.9. The predicted molar refractivity (Wildman–Crippen MR) is 75.7 cm³/mol. The van der Waals surface area contributed by atoms with Gasteiger partial charge < -0.3 is 15.5 Å². The summed E-state index contributed by atoms with van der Waals surface area (Å²) in [4.78, 5) is 28.2. The number of amides is 2. The Balaban J connectivity index is 1.57. The Morgan fingerprint density at radius 3 is 2.57 bits per heavy atom. The van der Waals surface area contributed by atoms with Gasteiger partial charge in [0.15, 0.2) is 0 Å². The quantitative estimate of drug-likeness (QED) is 0.797. The molecule has 1 unspecified atom stereocenters. The van der Waals surface area contributed by atoms with E-state index in [0.717, 1.165) is 38.8 Å². The van der Waals surface area contributed by atoms with E-state index in [-0.39, 0.29) is 29.7 Å². The summed E-state index contributed by atoms with van der Waals surface area (Å²) >= 11 is 0. The van der Waals surface area contributed by atoms with Gasteiger partial charge in [-0.3, -0.25) is 9.59 Å². The van der Waals surface area contributed by atoms with Crippen molar-refractivity contribution in [2.45, 2.75) is 44.2 Å². The summed E-state index contributed by atoms with van der Waals surface area (Å²) in [5.41, 5.74) is 6.07. The minimum absolute atomic E-state index is 0.0365. The van der Waals surface area contributed by atoms with Gasteiger partial charge in [0, 0.05) is 25.6 Å². The predicted octanol–water partition coefficient (Wildman–Crippen LogP) is 0.0868. The Labute approximate surface area is 124 Å². The lowest BCUT2D eigenvalue weighted by atomic mass is 10.1. The highest BCUT2D eigenvalue weighted by molar-refractivity contribution is 5.87. The van der Waals surface area contributed by atoms with Crippen LogP contribution in [0.4, 0.5) is 0 Å². The summed E-state index contributed by atoms with van der Waals surface area (Å²) in [6.45, 7) is 2.30. The van der Waals surface area contributed by atoms with Crippen LogP contribution in [0.3, 0.4) is 0 Å². The Morgan fingerprint density at radius 2 is 1.90 bits per heavy atom. The van der Waals surface area contributed by atoms with Crippen molar-refractivity contribution in [2.75, 3.05) is 19.6 Å². The minimum Gasteiger partial charge on any atom is -0.342 e. The number of nitrogens with zero attached hydrogens (tertiary/aromatic N) is 3. The molecule has 114 valence electrons. The van der Waals surface area contributed by atoms with Crippen LogP contribution in [-0.2, 0) is 9.59 Å². The molecule has 0 spiro atoms. The molecule has 0 aromatic heterocycles. The number of hydrogen-bond acceptors (Lipinski definition) is 4. The summed E-state index contributed by atoms with van der Waals surface area (Å²) < 4.78 is 0. The molecule has 21 heavy (non-hydrogen) atoms. The van der Waals surface area contributed by atoms with Crippen LogP contribution < -0.4 is 5.73 Å². The molecule has 2 aliphatic heterocycles. The van der Waals surface area contributed by atoms with Gasteiger partial charge in [0.1, 0.15) is 6.04 Å². The lowest BCUT2D eigenvalue weighted by Gasteiger charge is -2.23. The minimum atomic E-state index is -0.629. The van der Waals surface area contributed by atoms with Crippen LogP contribution in [0.5, 0.6) is 0 Å². The van der Waals surface area contributed by atoms with E-state index in [9.17, 15) is 9.59 Å². The standard InChI is InChI=1S/C15H22N4O2/c16-9-10-4-3-7-19(10)15(21)13(17)11-8-12(11)14(20)18-5-1-2-6-18/h10-13H,1-8,17H2/t10-,11?,12-,13-/m0/s1. The molecule has 2 saturated heterocycles. The second-order valence-electron chi connectivity index (χ2n) is 6.38. The van der Waals surface area contributed by atoms with Crippen molar-refractivity contribution < 1.29 is 9.59 Å². The molecule has 1 saturated carbocycles. The van der Waals surface area contributed by atoms with E-state index in [1.54, 1.807) is 4.90 Å². The molecule has 0 aromatic carbocycles. The SMILES string of the molecule is N#C[C@@H]1CCCN1C(=O)[C@@H](N)C1C[C@@H]1C(=O)N1CCCC1. The number of nitrogens with two attached hydrogens (primary N) is 1. The third kappa shape index (κ3) is 2.62. The van der Waals surface area contributed by atoms with Crippen molar-refractivity contribution in [1.82, 2.24) is 9.80 Å². The average molecular weight is 290 g/mol. The largest absolute Gasteiger partial charge is 0.342 e. The Hall–Kier alpha value is -1.61. The van der Waals surface area contributed by atoms with Crippen LogP contribution in [0.15, 0.2) is 0 Å². The van der Waals surface area contributed by atoms with Crippen molar-refractivity contribution >= 4 is 11.8 Å². The molecule has 0 aromatic rings. The summed E-state index contributed by atoms with van der Waals surface area (Å²) in [5, 5.41) is 9.06. The first-order valence-electron chi connectivity index (χ1n) is 7.88. The van der Waals surface area contributed by atoms with E-state index in [1.165, 1.54) is 0 Å². The van der Waals surface area contributed by atoms with Crippen LogP contribution in [0, 0.1) is 23.2 Å². The zero-order chi connectivity index (χ0) is 15.0. The second-order valence-corrected chi connectivity index (χ2v) is 6.38. The van der Waals surface area contributed by atoms with Gasteiger partial charge in [-0.25, -0.2) is 0 Å². The first-order valence-corrected chi connectivity index (χ1v) is 7.88. The van der Waals surface area contributed by atoms with Gasteiger partial charge in [0.05, 0.1) is 12.1 Å². The molecule has 4 atom stereocenters. The van der Waals surface area contributed by atoms with Gasteiger partial charge >= 0.3 is 0 Å². The Kier molecular flexibility index (Phi) is 3.85. The maximum atomic E-state index is 12.4. The monoisotopic (exact) mass is 290 g/mol. The molecule has 3 rings (SSSR count). The number of likely N-dealkylation sites (tertiary alicyclic amines) is 2. The Bertz CT molecular complexity index is 481. The highest BCUT2D eigenvalue weighted by atomic mass is 16.2. The molecule has 6 nitrogen and oxygen atoms in total. The first kappa shape index (κ1) is 14.3. The second kappa shape index (κ2) is 5.64. The first-order chi connectivity index (χ1) is 10.1. The smallest absolute Gasteiger partial charge is 0.240 e. The van der Waals surface area contributed by atoms with Crippen LogP contribution in [-0.4, -0.2) is 53.3 Å². The molecular weight excluding hydrogens is 268 g/mol. The molecule has 6 heteroatoms. The number of rotatable bonds is 3. The van der Waals surface area contributed by atoms with E-state index in [0.29, 0.717) is 13.0 Å². The average Bonchev–Trinajstić information content (AvgIpc) is 2.94. The van der Waals surface area contributed by atoms with Crippen molar-refractivity contribution in [2.24, 2.45) is 17.6 Å². The van der Waals surface area contributed by atoms with E-state index in [2.05, 4.69) is 6.07 Å². The van der Waals surface area contributed by atoms with Crippen LogP contribution in [0.25, 0.3) is 0 Å². The fourth-order valence-corrected chi connectivity index (χ4v) is 3.61. The maximum absolute atomic E-state index is 12.4. The van der Waals surface area contributed by atoms with Crippen molar-refractivity contribution in [1.29, 1.82) is 5.26 Å². The molecule has 0 radical (unpaired) electrons. The molecule has 2 N–H and O–H groups in total. The fourth-order valence-electron chi connectivity index (χ4n) is 3.61. The zero-order valence-electron chi connectivity index (χ0n) is 12.2. The zero-order valence-corrected chi connectivity index (χ0v) is 12.2. The highest BCUT2D eigenvalue weighted by Crippen LogP contribution is 2.43. The molecule has 3 aliphatic rings. The van der Waals surface area contributed by atoms with E-state index in [1.807, 2.05) is 4.90 Å². The van der Waals surface area contributed by atoms with Gasteiger partial charge in [-0.1, -0.05) is 0 Å². The number of nitriles is 1. The summed E-state index contributed by atoms with van der Waals surface area (Å²) in [5.74, 6) is -0.101. The third-order valence-electron chi connectivity index (χ3n) is 5.01. The van der Waals surface area contributed by atoms with Gasteiger partial charge in [-0.15, -0.1) is 0 Å². The van der Waals surface area contributed by atoms with Crippen molar-refractivity contribution in [3.8, 4) is 6.07 Å². The van der Waals surface area contributed by atoms with Crippen LogP contribution in [0.1, 0.15) is 32.1 Å². The van der Waals surface area contributed by atoms with Gasteiger partial charge in [0.2, 0.25) is 11.8 Å². The highest BCUT2D eigenvalue weighted by Gasteiger charge is 2.51. The van der Waals surface area contributed by atoms with Gasteiger partial charge in [-0.05, 0) is 38.0 Å².